The summed E-state index contributed by atoms with van der Waals surface area (Å²) in [5, 5.41) is 3.59. The highest BCUT2D eigenvalue weighted by molar-refractivity contribution is 5.01. The van der Waals surface area contributed by atoms with E-state index in [9.17, 15) is 0 Å². The van der Waals surface area contributed by atoms with Gasteiger partial charge in [0.1, 0.15) is 0 Å². The van der Waals surface area contributed by atoms with Crippen molar-refractivity contribution in [3.8, 4) is 0 Å². The Hall–Kier alpha value is -0.120. The Morgan fingerprint density at radius 1 is 0.875 bits per heavy atom. The first-order valence-corrected chi connectivity index (χ1v) is 10.8. The van der Waals surface area contributed by atoms with Crippen LogP contribution in [0.3, 0.4) is 0 Å². The summed E-state index contributed by atoms with van der Waals surface area (Å²) in [6, 6.07) is 1.72. The highest BCUT2D eigenvalue weighted by atomic mass is 15.3. The van der Waals surface area contributed by atoms with Gasteiger partial charge in [0.15, 0.2) is 0 Å². The van der Waals surface area contributed by atoms with Gasteiger partial charge in [-0.05, 0) is 88.3 Å². The van der Waals surface area contributed by atoms with Crippen molar-refractivity contribution in [1.82, 2.24) is 15.1 Å². The fraction of sp³-hybridized carbons (Fsp3) is 1.00. The summed E-state index contributed by atoms with van der Waals surface area (Å²) in [6.07, 6.45) is 11.6. The molecule has 3 saturated heterocycles. The lowest BCUT2D eigenvalue weighted by atomic mass is 9.63. The number of piperidine rings is 2. The molecule has 1 unspecified atom stereocenters. The molecule has 0 aromatic rings. The molecule has 24 heavy (non-hydrogen) atoms. The van der Waals surface area contributed by atoms with Gasteiger partial charge in [-0.15, -0.1) is 0 Å². The summed E-state index contributed by atoms with van der Waals surface area (Å²) >= 11 is 0. The largest absolute Gasteiger partial charge is 0.315 e. The minimum atomic E-state index is 0.732. The summed E-state index contributed by atoms with van der Waals surface area (Å²) in [6.45, 7) is 12.8. The first-order valence-electron chi connectivity index (χ1n) is 10.8. The molecule has 138 valence electrons. The number of likely N-dealkylation sites (tertiary alicyclic amines) is 2. The number of rotatable bonds is 3. The van der Waals surface area contributed by atoms with Gasteiger partial charge in [-0.1, -0.05) is 13.8 Å². The zero-order valence-corrected chi connectivity index (χ0v) is 16.1. The van der Waals surface area contributed by atoms with E-state index in [2.05, 4.69) is 29.0 Å². The van der Waals surface area contributed by atoms with E-state index in [0.717, 1.165) is 29.3 Å². The standard InChI is InChI=1S/C21H39N3/c1-17(2)18-5-9-21(10-6-18)15-24(16-21)19-7-12-23(13-8-19)20-4-3-11-22-14-20/h17-20,22H,3-16H2,1-2H3. The molecule has 1 saturated carbocycles. The number of hydrogen-bond acceptors (Lipinski definition) is 3. The maximum Gasteiger partial charge on any atom is 0.0221 e. The van der Waals surface area contributed by atoms with Gasteiger partial charge in [-0.3, -0.25) is 9.80 Å². The van der Waals surface area contributed by atoms with Crippen LogP contribution >= 0.6 is 0 Å². The van der Waals surface area contributed by atoms with Gasteiger partial charge in [0, 0.05) is 31.7 Å². The van der Waals surface area contributed by atoms with Gasteiger partial charge < -0.3 is 5.32 Å². The molecule has 4 rings (SSSR count). The second-order valence-corrected chi connectivity index (χ2v) is 9.75. The van der Waals surface area contributed by atoms with Crippen molar-refractivity contribution in [3.05, 3.63) is 0 Å². The van der Waals surface area contributed by atoms with E-state index in [1.54, 1.807) is 0 Å². The van der Waals surface area contributed by atoms with Crippen LogP contribution in [0.2, 0.25) is 0 Å². The van der Waals surface area contributed by atoms with E-state index in [4.69, 9.17) is 0 Å². The van der Waals surface area contributed by atoms with E-state index in [-0.39, 0.29) is 0 Å². The Morgan fingerprint density at radius 3 is 2.17 bits per heavy atom. The molecule has 3 heteroatoms. The van der Waals surface area contributed by atoms with Crippen LogP contribution in [0.4, 0.5) is 0 Å². The molecule has 0 amide bonds. The van der Waals surface area contributed by atoms with Crippen LogP contribution in [0.1, 0.15) is 65.2 Å². The average molecular weight is 334 g/mol. The Morgan fingerprint density at radius 2 is 1.58 bits per heavy atom. The van der Waals surface area contributed by atoms with Crippen LogP contribution in [0.25, 0.3) is 0 Å². The van der Waals surface area contributed by atoms with Crippen LogP contribution in [-0.4, -0.2) is 61.2 Å². The molecule has 3 nitrogen and oxygen atoms in total. The molecule has 0 bridgehead atoms. The molecule has 1 N–H and O–H groups in total. The topological polar surface area (TPSA) is 18.5 Å². The lowest BCUT2D eigenvalue weighted by molar-refractivity contribution is -0.0798. The molecule has 1 spiro atoms. The van der Waals surface area contributed by atoms with Gasteiger partial charge in [0.2, 0.25) is 0 Å². The zero-order chi connectivity index (χ0) is 16.6. The maximum atomic E-state index is 3.59. The predicted octanol–water partition coefficient (Wildman–Crippen LogP) is 3.35. The molecule has 0 aromatic carbocycles. The van der Waals surface area contributed by atoms with Crippen molar-refractivity contribution in [2.24, 2.45) is 17.3 Å². The highest BCUT2D eigenvalue weighted by Gasteiger charge is 2.47. The van der Waals surface area contributed by atoms with Crippen molar-refractivity contribution in [2.75, 3.05) is 39.3 Å². The van der Waals surface area contributed by atoms with Crippen LogP contribution in [-0.2, 0) is 0 Å². The molecule has 4 aliphatic rings. The normalized spacial score (nSPS) is 33.9. The molecule has 0 radical (unpaired) electrons. The Kier molecular flexibility index (Phi) is 5.22. The minimum absolute atomic E-state index is 0.732. The monoisotopic (exact) mass is 333 g/mol. The molecule has 4 fully saturated rings. The lowest BCUT2D eigenvalue weighted by Crippen LogP contribution is -2.63. The molecule has 0 aromatic heterocycles. The van der Waals surface area contributed by atoms with E-state index in [0.29, 0.717) is 0 Å². The second kappa shape index (κ2) is 7.25. The fourth-order valence-electron chi connectivity index (χ4n) is 6.07. The number of nitrogens with one attached hydrogen (secondary N) is 1. The van der Waals surface area contributed by atoms with Crippen molar-refractivity contribution in [2.45, 2.75) is 77.3 Å². The van der Waals surface area contributed by atoms with Crippen molar-refractivity contribution in [1.29, 1.82) is 0 Å². The third kappa shape index (κ3) is 3.54. The number of nitrogens with zero attached hydrogens (tertiary/aromatic N) is 2. The molecular formula is C21H39N3. The lowest BCUT2D eigenvalue weighted by Gasteiger charge is -2.57. The molecule has 1 atom stereocenters. The van der Waals surface area contributed by atoms with Crippen molar-refractivity contribution >= 4 is 0 Å². The van der Waals surface area contributed by atoms with Crippen LogP contribution < -0.4 is 5.32 Å². The highest BCUT2D eigenvalue weighted by Crippen LogP contribution is 2.48. The summed E-state index contributed by atoms with van der Waals surface area (Å²) in [5.41, 5.74) is 0.732. The first-order chi connectivity index (χ1) is 11.7. The summed E-state index contributed by atoms with van der Waals surface area (Å²) in [7, 11) is 0. The first kappa shape index (κ1) is 17.3. The van der Waals surface area contributed by atoms with Crippen LogP contribution in [0.5, 0.6) is 0 Å². The van der Waals surface area contributed by atoms with E-state index < -0.39 is 0 Å². The quantitative estimate of drug-likeness (QED) is 0.854. The zero-order valence-electron chi connectivity index (χ0n) is 16.1. The number of hydrogen-bond donors (Lipinski definition) is 1. The fourth-order valence-corrected chi connectivity index (χ4v) is 6.07. The third-order valence-corrected chi connectivity index (χ3v) is 7.91. The predicted molar refractivity (Wildman–Crippen MR) is 101 cm³/mol. The van der Waals surface area contributed by atoms with Crippen LogP contribution in [0.15, 0.2) is 0 Å². The van der Waals surface area contributed by atoms with Gasteiger partial charge in [0.05, 0.1) is 0 Å². The van der Waals surface area contributed by atoms with Gasteiger partial charge >= 0.3 is 0 Å². The third-order valence-electron chi connectivity index (χ3n) is 7.91. The van der Waals surface area contributed by atoms with E-state index in [1.807, 2.05) is 0 Å². The van der Waals surface area contributed by atoms with Crippen molar-refractivity contribution in [3.63, 3.8) is 0 Å². The van der Waals surface area contributed by atoms with E-state index >= 15 is 0 Å². The molecule has 3 heterocycles. The Labute approximate surface area is 149 Å². The van der Waals surface area contributed by atoms with Crippen LogP contribution in [0, 0.1) is 17.3 Å². The SMILES string of the molecule is CC(C)C1CCC2(CC1)CN(C1CCN(C3CCCNC3)CC1)C2. The van der Waals surface area contributed by atoms with Crippen molar-refractivity contribution < 1.29 is 0 Å². The smallest absolute Gasteiger partial charge is 0.0221 e. The maximum absolute atomic E-state index is 3.59. The molecular weight excluding hydrogens is 294 g/mol. The Balaban J connectivity index is 1.20. The average Bonchev–Trinajstić information content (AvgIpc) is 2.61. The summed E-state index contributed by atoms with van der Waals surface area (Å²) in [4.78, 5) is 5.64. The summed E-state index contributed by atoms with van der Waals surface area (Å²) in [5.74, 6) is 1.91. The summed E-state index contributed by atoms with van der Waals surface area (Å²) < 4.78 is 0. The van der Waals surface area contributed by atoms with Gasteiger partial charge in [-0.2, -0.15) is 0 Å². The molecule has 1 aliphatic carbocycles. The Bertz CT molecular complexity index is 391. The second-order valence-electron chi connectivity index (χ2n) is 9.75. The minimum Gasteiger partial charge on any atom is -0.315 e. The van der Waals surface area contributed by atoms with Gasteiger partial charge in [0.25, 0.3) is 0 Å². The molecule has 3 aliphatic heterocycles. The van der Waals surface area contributed by atoms with E-state index in [1.165, 1.54) is 90.6 Å². The van der Waals surface area contributed by atoms with Gasteiger partial charge in [-0.25, -0.2) is 0 Å².